The van der Waals surface area contributed by atoms with Crippen LogP contribution in [0.1, 0.15) is 23.1 Å². The number of nitrogens with one attached hydrogen (secondary N) is 1. The van der Waals surface area contributed by atoms with Crippen LogP contribution in [-0.4, -0.2) is 8.42 Å². The maximum Gasteiger partial charge on any atom is 0.263 e. The molecule has 0 bridgehead atoms. The molecule has 0 amide bonds. The fourth-order valence-corrected chi connectivity index (χ4v) is 3.41. The maximum atomic E-state index is 13.6. The largest absolute Gasteiger partial charge is 0.263 e. The lowest BCUT2D eigenvalue weighted by atomic mass is 10.2. The molecule has 3 nitrogen and oxygen atoms in total. The molecule has 2 aromatic rings. The number of benzene rings is 2. The van der Waals surface area contributed by atoms with Gasteiger partial charge in [-0.05, 0) is 23.8 Å². The average Bonchev–Trinajstić information content (AvgIpc) is 2.48. The predicted octanol–water partition coefficient (Wildman–Crippen LogP) is 4.15. The Hall–Kier alpha value is -1.38. The smallest absolute Gasteiger partial charge is 0.212 e. The zero-order valence-electron chi connectivity index (χ0n) is 11.8. The first-order valence-corrected chi connectivity index (χ1v) is 8.99. The van der Waals surface area contributed by atoms with Crippen molar-refractivity contribution < 1.29 is 21.6 Å². The van der Waals surface area contributed by atoms with E-state index in [0.29, 0.717) is 10.0 Å². The molecule has 0 aliphatic heterocycles. The molecule has 0 radical (unpaired) electrons. The molecule has 0 atom stereocenters. The van der Waals surface area contributed by atoms with Crippen molar-refractivity contribution in [3.63, 3.8) is 0 Å². The number of halogens is 4. The SMILES string of the molecule is O=S(=O)(Cc1ccc(C(F)F)cc1)NCc1cc(Br)ccc1F. The summed E-state index contributed by atoms with van der Waals surface area (Å²) in [6.45, 7) is -0.192. The topological polar surface area (TPSA) is 46.2 Å². The van der Waals surface area contributed by atoms with Crippen LogP contribution in [-0.2, 0) is 22.3 Å². The Kier molecular flexibility index (Phi) is 5.83. The highest BCUT2D eigenvalue weighted by Crippen LogP contribution is 2.19. The van der Waals surface area contributed by atoms with Gasteiger partial charge in [0.05, 0.1) is 5.75 Å². The summed E-state index contributed by atoms with van der Waals surface area (Å²) in [5.41, 5.74) is 0.405. The van der Waals surface area contributed by atoms with E-state index in [1.165, 1.54) is 42.5 Å². The second-order valence-corrected chi connectivity index (χ2v) is 7.58. The van der Waals surface area contributed by atoms with Crippen molar-refractivity contribution in [2.75, 3.05) is 0 Å². The number of sulfonamides is 1. The average molecular weight is 408 g/mol. The highest BCUT2D eigenvalue weighted by atomic mass is 79.9. The monoisotopic (exact) mass is 407 g/mol. The van der Waals surface area contributed by atoms with Crippen molar-refractivity contribution in [3.05, 3.63) is 69.4 Å². The molecular formula is C15H13BrF3NO2S. The minimum atomic E-state index is -3.72. The molecule has 0 unspecified atom stereocenters. The molecule has 0 saturated carbocycles. The second kappa shape index (κ2) is 7.46. The van der Waals surface area contributed by atoms with Crippen LogP contribution in [0.4, 0.5) is 13.2 Å². The number of hydrogen-bond donors (Lipinski definition) is 1. The van der Waals surface area contributed by atoms with Gasteiger partial charge in [0.2, 0.25) is 10.0 Å². The summed E-state index contributed by atoms with van der Waals surface area (Å²) >= 11 is 3.18. The van der Waals surface area contributed by atoms with Crippen molar-refractivity contribution >= 4 is 26.0 Å². The van der Waals surface area contributed by atoms with Crippen LogP contribution in [0.25, 0.3) is 0 Å². The summed E-state index contributed by atoms with van der Waals surface area (Å²) in [5.74, 6) is -0.885. The van der Waals surface area contributed by atoms with Crippen molar-refractivity contribution in [3.8, 4) is 0 Å². The summed E-state index contributed by atoms with van der Waals surface area (Å²) < 4.78 is 65.4. The summed E-state index contributed by atoms with van der Waals surface area (Å²) in [6.07, 6.45) is -2.60. The van der Waals surface area contributed by atoms with E-state index in [9.17, 15) is 21.6 Å². The Bertz CT molecular complexity index is 780. The zero-order chi connectivity index (χ0) is 17.0. The van der Waals surface area contributed by atoms with E-state index < -0.39 is 22.3 Å². The van der Waals surface area contributed by atoms with Crippen LogP contribution in [0.2, 0.25) is 0 Å². The second-order valence-electron chi connectivity index (χ2n) is 4.86. The van der Waals surface area contributed by atoms with Gasteiger partial charge in [0.1, 0.15) is 5.82 Å². The Morgan fingerprint density at radius 2 is 1.74 bits per heavy atom. The van der Waals surface area contributed by atoms with Crippen molar-refractivity contribution in [1.82, 2.24) is 4.72 Å². The van der Waals surface area contributed by atoms with E-state index >= 15 is 0 Å². The predicted molar refractivity (Wildman–Crippen MR) is 85.0 cm³/mol. The standard InChI is InChI=1S/C15H13BrF3NO2S/c16-13-5-6-14(17)12(7-13)8-20-23(21,22)9-10-1-3-11(4-2-10)15(18)19/h1-7,15,20H,8-9H2. The molecule has 0 spiro atoms. The van der Waals surface area contributed by atoms with Crippen LogP contribution in [0.5, 0.6) is 0 Å². The van der Waals surface area contributed by atoms with E-state index in [0.717, 1.165) is 0 Å². The minimum absolute atomic E-state index is 0.171. The van der Waals surface area contributed by atoms with Gasteiger partial charge >= 0.3 is 0 Å². The van der Waals surface area contributed by atoms with Crippen molar-refractivity contribution in [2.45, 2.75) is 18.7 Å². The molecule has 1 N–H and O–H groups in total. The van der Waals surface area contributed by atoms with Crippen LogP contribution < -0.4 is 4.72 Å². The molecular weight excluding hydrogens is 395 g/mol. The van der Waals surface area contributed by atoms with Gasteiger partial charge < -0.3 is 0 Å². The fraction of sp³-hybridized carbons (Fsp3) is 0.200. The molecule has 0 aliphatic rings. The molecule has 0 saturated heterocycles. The molecule has 2 rings (SSSR count). The van der Waals surface area contributed by atoms with Gasteiger partial charge in [0.25, 0.3) is 6.43 Å². The highest BCUT2D eigenvalue weighted by Gasteiger charge is 2.14. The summed E-state index contributed by atoms with van der Waals surface area (Å²) in [5, 5.41) is 0. The van der Waals surface area contributed by atoms with Crippen LogP contribution in [0.15, 0.2) is 46.9 Å². The zero-order valence-corrected chi connectivity index (χ0v) is 14.2. The molecule has 23 heavy (non-hydrogen) atoms. The Balaban J connectivity index is 2.03. The van der Waals surface area contributed by atoms with Gasteiger partial charge in [-0.25, -0.2) is 26.3 Å². The lowest BCUT2D eigenvalue weighted by molar-refractivity contribution is 0.151. The molecule has 8 heteroatoms. The van der Waals surface area contributed by atoms with Gasteiger partial charge in [-0.3, -0.25) is 0 Å². The normalized spacial score (nSPS) is 11.9. The summed E-state index contributed by atoms with van der Waals surface area (Å²) in [7, 11) is -3.72. The highest BCUT2D eigenvalue weighted by molar-refractivity contribution is 9.10. The minimum Gasteiger partial charge on any atom is -0.212 e. The van der Waals surface area contributed by atoms with Crippen LogP contribution in [0, 0.1) is 5.82 Å². The quantitative estimate of drug-likeness (QED) is 0.781. The van der Waals surface area contributed by atoms with Gasteiger partial charge in [-0.15, -0.1) is 0 Å². The Morgan fingerprint density at radius 3 is 2.35 bits per heavy atom. The Morgan fingerprint density at radius 1 is 1.09 bits per heavy atom. The van der Waals surface area contributed by atoms with Crippen molar-refractivity contribution in [2.24, 2.45) is 0 Å². The van der Waals surface area contributed by atoms with E-state index in [1.807, 2.05) is 0 Å². The van der Waals surface area contributed by atoms with Gasteiger partial charge in [0, 0.05) is 22.1 Å². The summed E-state index contributed by atoms with van der Waals surface area (Å²) in [4.78, 5) is 0. The van der Waals surface area contributed by atoms with E-state index in [4.69, 9.17) is 0 Å². The third-order valence-corrected chi connectivity index (χ3v) is 4.87. The summed E-state index contributed by atoms with van der Waals surface area (Å²) in [6, 6.07) is 9.26. The molecule has 0 aliphatic carbocycles. The Labute approximate surface area is 140 Å². The molecule has 0 aromatic heterocycles. The fourth-order valence-electron chi connectivity index (χ4n) is 1.90. The number of alkyl halides is 2. The van der Waals surface area contributed by atoms with Gasteiger partial charge in [0.15, 0.2) is 0 Å². The first kappa shape index (κ1) is 18.0. The van der Waals surface area contributed by atoms with E-state index in [1.54, 1.807) is 0 Å². The van der Waals surface area contributed by atoms with Crippen LogP contribution >= 0.6 is 15.9 Å². The lowest BCUT2D eigenvalue weighted by Gasteiger charge is -2.09. The third-order valence-electron chi connectivity index (χ3n) is 3.08. The first-order chi connectivity index (χ1) is 10.8. The third kappa shape index (κ3) is 5.33. The van der Waals surface area contributed by atoms with E-state index in [2.05, 4.69) is 20.7 Å². The molecule has 0 heterocycles. The van der Waals surface area contributed by atoms with Crippen molar-refractivity contribution in [1.29, 1.82) is 0 Å². The first-order valence-electron chi connectivity index (χ1n) is 6.55. The molecule has 124 valence electrons. The van der Waals surface area contributed by atoms with Crippen LogP contribution in [0.3, 0.4) is 0 Å². The number of rotatable bonds is 6. The molecule has 0 fully saturated rings. The molecule has 2 aromatic carbocycles. The number of hydrogen-bond acceptors (Lipinski definition) is 2. The van der Waals surface area contributed by atoms with Gasteiger partial charge in [-0.1, -0.05) is 40.2 Å². The lowest BCUT2D eigenvalue weighted by Crippen LogP contribution is -2.25. The van der Waals surface area contributed by atoms with E-state index in [-0.39, 0.29) is 23.4 Å². The van der Waals surface area contributed by atoms with Gasteiger partial charge in [-0.2, -0.15) is 0 Å². The maximum absolute atomic E-state index is 13.6.